The Morgan fingerprint density at radius 1 is 1.10 bits per heavy atom. The molecule has 0 saturated carbocycles. The SMILES string of the molecule is Cc1ccc(OCCCCCCC(N)=O)c2c1C(=O)N(C1CCC(=O)NC1=O)C2=O. The van der Waals surface area contributed by atoms with Gasteiger partial charge in [-0.05, 0) is 37.8 Å². The summed E-state index contributed by atoms with van der Waals surface area (Å²) >= 11 is 0. The van der Waals surface area contributed by atoms with Gasteiger partial charge in [0.25, 0.3) is 11.8 Å². The number of carbonyl (C=O) groups excluding carboxylic acids is 5. The van der Waals surface area contributed by atoms with Crippen LogP contribution >= 0.6 is 0 Å². The average Bonchev–Trinajstić information content (AvgIpc) is 2.94. The Morgan fingerprint density at radius 2 is 1.80 bits per heavy atom. The average molecular weight is 415 g/mol. The van der Waals surface area contributed by atoms with Gasteiger partial charge >= 0.3 is 0 Å². The normalized spacial score (nSPS) is 18.4. The van der Waals surface area contributed by atoms with Crippen LogP contribution in [-0.2, 0) is 14.4 Å². The molecule has 2 aliphatic heterocycles. The first-order chi connectivity index (χ1) is 14.3. The van der Waals surface area contributed by atoms with Gasteiger partial charge in [-0.1, -0.05) is 18.9 Å². The zero-order chi connectivity index (χ0) is 21.8. The van der Waals surface area contributed by atoms with E-state index in [0.717, 1.165) is 30.6 Å². The molecule has 9 nitrogen and oxygen atoms in total. The molecule has 1 unspecified atom stereocenters. The van der Waals surface area contributed by atoms with Crippen LogP contribution in [0, 0.1) is 6.92 Å². The Bertz CT molecular complexity index is 910. The number of carbonyl (C=O) groups is 5. The van der Waals surface area contributed by atoms with Gasteiger partial charge in [-0.3, -0.25) is 34.2 Å². The Kier molecular flexibility index (Phi) is 6.49. The van der Waals surface area contributed by atoms with Crippen LogP contribution < -0.4 is 15.8 Å². The molecule has 0 spiro atoms. The number of aryl methyl sites for hydroxylation is 1. The van der Waals surface area contributed by atoms with Crippen LogP contribution in [-0.4, -0.2) is 47.1 Å². The van der Waals surface area contributed by atoms with Crippen LogP contribution in [0.3, 0.4) is 0 Å². The second-order valence-corrected chi connectivity index (χ2v) is 7.56. The number of benzene rings is 1. The summed E-state index contributed by atoms with van der Waals surface area (Å²) in [5.41, 5.74) is 6.14. The summed E-state index contributed by atoms with van der Waals surface area (Å²) in [4.78, 5) is 61.3. The first-order valence-electron chi connectivity index (χ1n) is 10.1. The number of imide groups is 2. The van der Waals surface area contributed by atoms with E-state index in [1.165, 1.54) is 0 Å². The largest absolute Gasteiger partial charge is 0.493 e. The van der Waals surface area contributed by atoms with Gasteiger partial charge in [0.1, 0.15) is 11.8 Å². The second-order valence-electron chi connectivity index (χ2n) is 7.56. The van der Waals surface area contributed by atoms with Crippen molar-refractivity contribution >= 4 is 29.5 Å². The predicted octanol–water partition coefficient (Wildman–Crippen LogP) is 1.21. The highest BCUT2D eigenvalue weighted by molar-refractivity contribution is 6.25. The number of hydrogen-bond donors (Lipinski definition) is 2. The van der Waals surface area contributed by atoms with Crippen LogP contribution in [0.15, 0.2) is 12.1 Å². The molecule has 0 bridgehead atoms. The lowest BCUT2D eigenvalue weighted by atomic mass is 10.0. The Hall–Kier alpha value is -3.23. The van der Waals surface area contributed by atoms with E-state index in [0.29, 0.717) is 24.3 Å². The Morgan fingerprint density at radius 3 is 2.50 bits per heavy atom. The van der Waals surface area contributed by atoms with Crippen LogP contribution in [0.25, 0.3) is 0 Å². The lowest BCUT2D eigenvalue weighted by molar-refractivity contribution is -0.136. The van der Waals surface area contributed by atoms with Crippen molar-refractivity contribution in [3.05, 3.63) is 28.8 Å². The van der Waals surface area contributed by atoms with Crippen LogP contribution in [0.4, 0.5) is 0 Å². The molecule has 3 N–H and O–H groups in total. The van der Waals surface area contributed by atoms with E-state index in [9.17, 15) is 24.0 Å². The molecule has 0 radical (unpaired) electrons. The summed E-state index contributed by atoms with van der Waals surface area (Å²) in [5, 5.41) is 2.18. The first-order valence-corrected chi connectivity index (χ1v) is 10.1. The summed E-state index contributed by atoms with van der Waals surface area (Å²) in [6.45, 7) is 2.08. The van der Waals surface area contributed by atoms with Crippen molar-refractivity contribution in [3.8, 4) is 5.75 Å². The molecule has 0 aliphatic carbocycles. The van der Waals surface area contributed by atoms with E-state index in [1.54, 1.807) is 19.1 Å². The molecule has 2 heterocycles. The van der Waals surface area contributed by atoms with E-state index in [4.69, 9.17) is 10.5 Å². The van der Waals surface area contributed by atoms with E-state index in [1.807, 2.05) is 0 Å². The van der Waals surface area contributed by atoms with Crippen molar-refractivity contribution < 1.29 is 28.7 Å². The molecule has 0 aromatic heterocycles. The molecule has 1 atom stereocenters. The molecular formula is C21H25N3O6. The maximum absolute atomic E-state index is 13.1. The molecule has 30 heavy (non-hydrogen) atoms. The quantitative estimate of drug-likeness (QED) is 0.460. The van der Waals surface area contributed by atoms with Crippen LogP contribution in [0.2, 0.25) is 0 Å². The van der Waals surface area contributed by atoms with Crippen molar-refractivity contribution in [1.82, 2.24) is 10.2 Å². The lowest BCUT2D eigenvalue weighted by Crippen LogP contribution is -2.54. The number of unbranched alkanes of at least 4 members (excludes halogenated alkanes) is 3. The summed E-state index contributed by atoms with van der Waals surface area (Å²) in [6, 6.07) is 2.35. The monoisotopic (exact) mass is 415 g/mol. The molecule has 1 aromatic carbocycles. The molecule has 1 fully saturated rings. The fourth-order valence-corrected chi connectivity index (χ4v) is 3.78. The number of fused-ring (bicyclic) bond motifs is 1. The molecule has 5 amide bonds. The van der Waals surface area contributed by atoms with Gasteiger partial charge in [0, 0.05) is 12.8 Å². The lowest BCUT2D eigenvalue weighted by Gasteiger charge is -2.27. The van der Waals surface area contributed by atoms with Gasteiger partial charge in [-0.15, -0.1) is 0 Å². The number of primary amides is 1. The smallest absolute Gasteiger partial charge is 0.266 e. The second kappa shape index (κ2) is 9.06. The number of amides is 5. The van der Waals surface area contributed by atoms with E-state index >= 15 is 0 Å². The number of hydrogen-bond acceptors (Lipinski definition) is 6. The molecule has 160 valence electrons. The number of nitrogens with zero attached hydrogens (tertiary/aromatic N) is 1. The minimum Gasteiger partial charge on any atom is -0.493 e. The van der Waals surface area contributed by atoms with Crippen molar-refractivity contribution in [2.24, 2.45) is 5.73 Å². The number of ether oxygens (including phenoxy) is 1. The third-order valence-corrected chi connectivity index (χ3v) is 5.34. The van der Waals surface area contributed by atoms with Gasteiger partial charge in [0.05, 0.1) is 17.7 Å². The highest BCUT2D eigenvalue weighted by Crippen LogP contribution is 2.35. The standard InChI is InChI=1S/C21H25N3O6/c1-12-7-9-14(30-11-5-3-2-4-6-15(22)25)18-17(12)20(28)24(21(18)29)13-8-10-16(26)23-19(13)27/h7,9,13H,2-6,8,10-11H2,1H3,(H2,22,25)(H,23,26,27). The summed E-state index contributed by atoms with van der Waals surface area (Å²) in [7, 11) is 0. The summed E-state index contributed by atoms with van der Waals surface area (Å²) in [6.07, 6.45) is 3.68. The van der Waals surface area contributed by atoms with Gasteiger partial charge < -0.3 is 10.5 Å². The zero-order valence-electron chi connectivity index (χ0n) is 16.9. The van der Waals surface area contributed by atoms with Crippen molar-refractivity contribution in [2.75, 3.05) is 6.61 Å². The molecule has 3 rings (SSSR count). The number of rotatable bonds is 9. The van der Waals surface area contributed by atoms with Crippen molar-refractivity contribution in [3.63, 3.8) is 0 Å². The number of nitrogens with one attached hydrogen (secondary N) is 1. The maximum Gasteiger partial charge on any atom is 0.266 e. The van der Waals surface area contributed by atoms with E-state index < -0.39 is 29.7 Å². The van der Waals surface area contributed by atoms with Crippen LogP contribution in [0.5, 0.6) is 5.75 Å². The Balaban J connectivity index is 1.69. The molecule has 1 saturated heterocycles. The van der Waals surface area contributed by atoms with E-state index in [-0.39, 0.29) is 29.9 Å². The van der Waals surface area contributed by atoms with Crippen LogP contribution in [0.1, 0.15) is 71.2 Å². The van der Waals surface area contributed by atoms with Gasteiger partial charge in [-0.25, -0.2) is 0 Å². The van der Waals surface area contributed by atoms with E-state index in [2.05, 4.69) is 5.32 Å². The van der Waals surface area contributed by atoms with Crippen molar-refractivity contribution in [2.45, 2.75) is 57.9 Å². The highest BCUT2D eigenvalue weighted by atomic mass is 16.5. The maximum atomic E-state index is 13.1. The summed E-state index contributed by atoms with van der Waals surface area (Å²) < 4.78 is 5.78. The first kappa shape index (κ1) is 21.5. The number of nitrogens with two attached hydrogens (primary N) is 1. The third-order valence-electron chi connectivity index (χ3n) is 5.34. The fraction of sp³-hybridized carbons (Fsp3) is 0.476. The molecule has 9 heteroatoms. The van der Waals surface area contributed by atoms with Gasteiger partial charge in [0.2, 0.25) is 17.7 Å². The molecule has 1 aromatic rings. The zero-order valence-corrected chi connectivity index (χ0v) is 16.9. The number of piperidine rings is 1. The predicted molar refractivity (Wildman–Crippen MR) is 106 cm³/mol. The summed E-state index contributed by atoms with van der Waals surface area (Å²) in [5.74, 6) is -2.18. The van der Waals surface area contributed by atoms with Gasteiger partial charge in [-0.2, -0.15) is 0 Å². The highest BCUT2D eigenvalue weighted by Gasteiger charge is 2.46. The third kappa shape index (κ3) is 4.34. The fourth-order valence-electron chi connectivity index (χ4n) is 3.78. The minimum atomic E-state index is -1.01. The topological polar surface area (TPSA) is 136 Å². The molecular weight excluding hydrogens is 390 g/mol. The molecule has 2 aliphatic rings. The van der Waals surface area contributed by atoms with Crippen molar-refractivity contribution in [1.29, 1.82) is 0 Å². The minimum absolute atomic E-state index is 0.0713. The van der Waals surface area contributed by atoms with Gasteiger partial charge in [0.15, 0.2) is 0 Å². The Labute approximate surface area is 173 Å².